The van der Waals surface area contributed by atoms with Crippen LogP contribution in [0.4, 0.5) is 0 Å². The average Bonchev–Trinajstić information content (AvgIpc) is 3.02. The van der Waals surface area contributed by atoms with Gasteiger partial charge in [0, 0.05) is 12.4 Å². The summed E-state index contributed by atoms with van der Waals surface area (Å²) in [4.78, 5) is 24.7. The standard InChI is InChI=1S/C19H18N2O5S/c1-14-6-8-17(9-7-14)27(24,25)21-11-10-20(19(21)23)18(22)13-26-16-5-3-4-15(2)12-16/h3-12H,13H2,1-2H3. The van der Waals surface area contributed by atoms with Gasteiger partial charge in [-0.05, 0) is 43.7 Å². The molecule has 3 aromatic rings. The number of aryl methyl sites for hydroxylation is 2. The maximum absolute atomic E-state index is 12.6. The number of benzene rings is 2. The summed E-state index contributed by atoms with van der Waals surface area (Å²) in [5, 5.41) is 0. The maximum Gasteiger partial charge on any atom is 0.349 e. The molecule has 0 spiro atoms. The van der Waals surface area contributed by atoms with Crippen LogP contribution in [0.3, 0.4) is 0 Å². The molecule has 1 aromatic heterocycles. The molecule has 0 aliphatic rings. The molecule has 0 fully saturated rings. The third-order valence-corrected chi connectivity index (χ3v) is 5.61. The Labute approximate surface area is 156 Å². The van der Waals surface area contributed by atoms with Gasteiger partial charge in [0.25, 0.3) is 15.9 Å². The molecule has 0 saturated heterocycles. The van der Waals surface area contributed by atoms with E-state index in [-0.39, 0.29) is 4.90 Å². The molecule has 0 amide bonds. The molecular weight excluding hydrogens is 368 g/mol. The average molecular weight is 386 g/mol. The fourth-order valence-electron chi connectivity index (χ4n) is 2.48. The summed E-state index contributed by atoms with van der Waals surface area (Å²) in [7, 11) is -4.08. The Morgan fingerprint density at radius 1 is 1.00 bits per heavy atom. The highest BCUT2D eigenvalue weighted by Crippen LogP contribution is 2.14. The van der Waals surface area contributed by atoms with E-state index >= 15 is 0 Å². The number of hydrogen-bond donors (Lipinski definition) is 0. The molecule has 0 unspecified atom stereocenters. The zero-order valence-electron chi connectivity index (χ0n) is 14.8. The van der Waals surface area contributed by atoms with Crippen molar-refractivity contribution in [3.05, 3.63) is 82.5 Å². The van der Waals surface area contributed by atoms with Crippen LogP contribution in [0.1, 0.15) is 15.9 Å². The smallest absolute Gasteiger partial charge is 0.349 e. The number of imidazole rings is 1. The van der Waals surface area contributed by atoms with Crippen LogP contribution >= 0.6 is 0 Å². The molecule has 0 atom stereocenters. The number of aromatic nitrogens is 2. The van der Waals surface area contributed by atoms with E-state index in [0.717, 1.165) is 28.1 Å². The minimum atomic E-state index is -4.08. The summed E-state index contributed by atoms with van der Waals surface area (Å²) in [6, 6.07) is 13.2. The minimum Gasteiger partial charge on any atom is -0.484 e. The number of carbonyl (C=O) groups excluding carboxylic acids is 1. The van der Waals surface area contributed by atoms with Gasteiger partial charge in [0.15, 0.2) is 6.61 Å². The SMILES string of the molecule is Cc1ccc(S(=O)(=O)n2ccn(C(=O)COc3cccc(C)c3)c2=O)cc1. The third-order valence-electron chi connectivity index (χ3n) is 3.94. The van der Waals surface area contributed by atoms with Crippen molar-refractivity contribution < 1.29 is 17.9 Å². The van der Waals surface area contributed by atoms with Gasteiger partial charge in [-0.1, -0.05) is 29.8 Å². The van der Waals surface area contributed by atoms with Crippen LogP contribution < -0.4 is 10.4 Å². The van der Waals surface area contributed by atoms with Crippen LogP contribution in [0.2, 0.25) is 0 Å². The van der Waals surface area contributed by atoms with E-state index < -0.39 is 28.2 Å². The summed E-state index contributed by atoms with van der Waals surface area (Å²) in [5.74, 6) is -0.178. The van der Waals surface area contributed by atoms with Gasteiger partial charge < -0.3 is 4.74 Å². The Kier molecular flexibility index (Phi) is 5.00. The summed E-state index contributed by atoms with van der Waals surface area (Å²) in [6.07, 6.45) is 2.18. The minimum absolute atomic E-state index is 0.0311. The number of nitrogens with zero attached hydrogens (tertiary/aromatic N) is 2. The van der Waals surface area contributed by atoms with Crippen molar-refractivity contribution in [1.29, 1.82) is 0 Å². The van der Waals surface area contributed by atoms with Crippen molar-refractivity contribution in [2.75, 3.05) is 6.61 Å². The second kappa shape index (κ2) is 7.24. The van der Waals surface area contributed by atoms with E-state index in [4.69, 9.17) is 4.74 Å². The van der Waals surface area contributed by atoms with E-state index in [0.29, 0.717) is 9.72 Å². The van der Waals surface area contributed by atoms with E-state index in [1.54, 1.807) is 30.3 Å². The topological polar surface area (TPSA) is 87.4 Å². The fourth-order valence-corrected chi connectivity index (χ4v) is 3.69. The third kappa shape index (κ3) is 3.85. The Bertz CT molecular complexity index is 1140. The first-order valence-electron chi connectivity index (χ1n) is 8.14. The predicted molar refractivity (Wildman–Crippen MR) is 99.8 cm³/mol. The Morgan fingerprint density at radius 2 is 1.70 bits per heavy atom. The van der Waals surface area contributed by atoms with Gasteiger partial charge >= 0.3 is 5.69 Å². The fraction of sp³-hybridized carbons (Fsp3) is 0.158. The quantitative estimate of drug-likeness (QED) is 0.671. The molecule has 0 N–H and O–H groups in total. The van der Waals surface area contributed by atoms with E-state index in [9.17, 15) is 18.0 Å². The highest BCUT2D eigenvalue weighted by atomic mass is 32.2. The zero-order valence-corrected chi connectivity index (χ0v) is 15.6. The Morgan fingerprint density at radius 3 is 2.37 bits per heavy atom. The largest absolute Gasteiger partial charge is 0.484 e. The van der Waals surface area contributed by atoms with Crippen LogP contribution in [0, 0.1) is 13.8 Å². The van der Waals surface area contributed by atoms with Crippen LogP contribution in [0.5, 0.6) is 5.75 Å². The first-order valence-corrected chi connectivity index (χ1v) is 9.58. The highest BCUT2D eigenvalue weighted by molar-refractivity contribution is 7.90. The van der Waals surface area contributed by atoms with Gasteiger partial charge in [0.2, 0.25) is 0 Å². The van der Waals surface area contributed by atoms with Crippen LogP contribution in [0.25, 0.3) is 0 Å². The maximum atomic E-state index is 12.6. The summed E-state index contributed by atoms with van der Waals surface area (Å²) in [6.45, 7) is 3.32. The molecular formula is C19H18N2O5S. The molecule has 1 heterocycles. The van der Waals surface area contributed by atoms with Gasteiger partial charge in [-0.25, -0.2) is 17.8 Å². The van der Waals surface area contributed by atoms with Crippen molar-refractivity contribution in [2.45, 2.75) is 18.7 Å². The number of hydrogen-bond acceptors (Lipinski definition) is 5. The van der Waals surface area contributed by atoms with Gasteiger partial charge in [-0.15, -0.1) is 0 Å². The normalized spacial score (nSPS) is 11.3. The predicted octanol–water partition coefficient (Wildman–Crippen LogP) is 2.22. The van der Waals surface area contributed by atoms with Gasteiger partial charge in [0.1, 0.15) is 5.75 Å². The second-order valence-corrected chi connectivity index (χ2v) is 7.88. The molecule has 2 aromatic carbocycles. The number of carbonyl (C=O) groups is 1. The summed E-state index contributed by atoms with van der Waals surface area (Å²) < 4.78 is 31.9. The lowest BCUT2D eigenvalue weighted by Crippen LogP contribution is -2.34. The van der Waals surface area contributed by atoms with Crippen molar-refractivity contribution in [1.82, 2.24) is 8.54 Å². The molecule has 140 valence electrons. The molecule has 0 saturated carbocycles. The monoisotopic (exact) mass is 386 g/mol. The van der Waals surface area contributed by atoms with Crippen LogP contribution in [0.15, 0.2) is 70.6 Å². The molecule has 0 aliphatic carbocycles. The van der Waals surface area contributed by atoms with Gasteiger partial charge in [-0.3, -0.25) is 4.79 Å². The van der Waals surface area contributed by atoms with Gasteiger partial charge in [0.05, 0.1) is 4.90 Å². The molecule has 8 heteroatoms. The Balaban J connectivity index is 1.83. The Hall–Kier alpha value is -3.13. The molecule has 27 heavy (non-hydrogen) atoms. The van der Waals surface area contributed by atoms with Crippen molar-refractivity contribution in [2.24, 2.45) is 0 Å². The van der Waals surface area contributed by atoms with E-state index in [1.165, 1.54) is 12.1 Å². The van der Waals surface area contributed by atoms with Crippen molar-refractivity contribution >= 4 is 15.9 Å². The molecule has 0 aliphatic heterocycles. The summed E-state index contributed by atoms with van der Waals surface area (Å²) >= 11 is 0. The molecule has 0 radical (unpaired) electrons. The first kappa shape index (κ1) is 18.7. The highest BCUT2D eigenvalue weighted by Gasteiger charge is 2.22. The van der Waals surface area contributed by atoms with Crippen LogP contribution in [-0.4, -0.2) is 29.5 Å². The van der Waals surface area contributed by atoms with Crippen LogP contribution in [-0.2, 0) is 10.0 Å². The lowest BCUT2D eigenvalue weighted by atomic mass is 10.2. The molecule has 3 rings (SSSR count). The van der Waals surface area contributed by atoms with Crippen molar-refractivity contribution in [3.8, 4) is 5.75 Å². The number of ether oxygens (including phenoxy) is 1. The lowest BCUT2D eigenvalue weighted by molar-refractivity contribution is 0.0833. The molecule has 0 bridgehead atoms. The van der Waals surface area contributed by atoms with Gasteiger partial charge in [-0.2, -0.15) is 3.97 Å². The second-order valence-electron chi connectivity index (χ2n) is 6.06. The van der Waals surface area contributed by atoms with E-state index in [2.05, 4.69) is 0 Å². The number of rotatable bonds is 5. The molecule has 7 nitrogen and oxygen atoms in total. The zero-order chi connectivity index (χ0) is 19.6. The van der Waals surface area contributed by atoms with Crippen molar-refractivity contribution in [3.63, 3.8) is 0 Å². The lowest BCUT2D eigenvalue weighted by Gasteiger charge is -2.06. The first-order chi connectivity index (χ1) is 12.8. The van der Waals surface area contributed by atoms with E-state index in [1.807, 2.05) is 19.9 Å². The summed E-state index contributed by atoms with van der Waals surface area (Å²) in [5.41, 5.74) is 0.892.